The molecule has 9 nitrogen and oxygen atoms in total. The predicted molar refractivity (Wildman–Crippen MR) is 151 cm³/mol. The van der Waals surface area contributed by atoms with Crippen molar-refractivity contribution in [3.8, 4) is 17.9 Å². The molecule has 0 saturated carbocycles. The first-order valence-electron chi connectivity index (χ1n) is 13.8. The van der Waals surface area contributed by atoms with E-state index in [-0.39, 0.29) is 30.6 Å². The number of pyridine rings is 1. The van der Waals surface area contributed by atoms with Crippen LogP contribution in [-0.4, -0.2) is 64.7 Å². The number of nitrogens with one attached hydrogen (secondary N) is 1. The highest BCUT2D eigenvalue weighted by Crippen LogP contribution is 2.29. The number of hydrogen-bond donors (Lipinski definition) is 1. The molecule has 3 aromatic rings. The van der Waals surface area contributed by atoms with Crippen LogP contribution in [0.2, 0.25) is 0 Å². The van der Waals surface area contributed by atoms with E-state index in [0.29, 0.717) is 42.9 Å². The number of aromatic nitrogens is 1. The summed E-state index contributed by atoms with van der Waals surface area (Å²) >= 11 is 0. The number of nitrogens with zero attached hydrogens (tertiary/aromatic N) is 5. The van der Waals surface area contributed by atoms with E-state index in [1.807, 2.05) is 29.2 Å². The monoisotopic (exact) mass is 562 g/mol. The maximum Gasteiger partial charge on any atom is 0.255 e. The molecule has 1 N–H and O–H groups in total. The molecule has 1 aromatic heterocycles. The summed E-state index contributed by atoms with van der Waals surface area (Å²) in [4.78, 5) is 47.3. The topological polar surface area (TPSA) is 110 Å². The van der Waals surface area contributed by atoms with Gasteiger partial charge in [0.25, 0.3) is 5.91 Å². The number of piperazine rings is 1. The Labute approximate surface area is 242 Å². The molecule has 0 spiro atoms. The second-order valence-corrected chi connectivity index (χ2v) is 10.6. The predicted octanol–water partition coefficient (Wildman–Crippen LogP) is 2.58. The lowest BCUT2D eigenvalue weighted by atomic mass is 10.0. The number of halogens is 1. The quantitative estimate of drug-likeness (QED) is 0.385. The summed E-state index contributed by atoms with van der Waals surface area (Å²) in [6.45, 7) is 3.82. The third kappa shape index (κ3) is 5.45. The number of anilines is 1. The van der Waals surface area contributed by atoms with Gasteiger partial charge in [0.2, 0.25) is 11.8 Å². The maximum atomic E-state index is 14.4. The Bertz CT molecular complexity index is 1680. The van der Waals surface area contributed by atoms with E-state index in [2.05, 4.69) is 27.0 Å². The standard InChI is InChI=1S/C32H27FN6O3/c33-27-16-22(17-34)6-9-28(27)38-14-12-37(13-15-38)19-24-8-5-21(18-35-24)4-7-23-2-1-3-25-26(23)20-39(32(25)42)29-10-11-30(40)36-31(29)41/h1-3,5-6,8-9,16,18,29H,10-15,19-20H2,(H,36,40,41). The van der Waals surface area contributed by atoms with Crippen molar-refractivity contribution in [3.63, 3.8) is 0 Å². The Kier molecular flexibility index (Phi) is 7.39. The lowest BCUT2D eigenvalue weighted by molar-refractivity contribution is -0.136. The Morgan fingerprint density at radius 3 is 2.52 bits per heavy atom. The molecule has 3 aliphatic rings. The summed E-state index contributed by atoms with van der Waals surface area (Å²) in [7, 11) is 0. The van der Waals surface area contributed by atoms with Crippen molar-refractivity contribution in [2.24, 2.45) is 0 Å². The molecule has 1 unspecified atom stereocenters. The van der Waals surface area contributed by atoms with Crippen LogP contribution in [0.25, 0.3) is 0 Å². The summed E-state index contributed by atoms with van der Waals surface area (Å²) in [6.07, 6.45) is 2.25. The van der Waals surface area contributed by atoms with Gasteiger partial charge in [0, 0.05) is 68.6 Å². The molecule has 0 aliphatic carbocycles. The fourth-order valence-electron chi connectivity index (χ4n) is 5.64. The fraction of sp³-hybridized carbons (Fsp3) is 0.281. The summed E-state index contributed by atoms with van der Waals surface area (Å²) in [5, 5.41) is 11.3. The summed E-state index contributed by atoms with van der Waals surface area (Å²) < 4.78 is 14.4. The van der Waals surface area contributed by atoms with Gasteiger partial charge in [-0.1, -0.05) is 17.9 Å². The average Bonchev–Trinajstić information content (AvgIpc) is 3.33. The zero-order chi connectivity index (χ0) is 29.2. The molecule has 4 heterocycles. The van der Waals surface area contributed by atoms with Gasteiger partial charge in [0.1, 0.15) is 11.9 Å². The Balaban J connectivity index is 1.07. The van der Waals surface area contributed by atoms with Crippen LogP contribution in [0.5, 0.6) is 0 Å². The molecule has 2 aromatic carbocycles. The zero-order valence-electron chi connectivity index (χ0n) is 22.8. The number of hydrogen-bond acceptors (Lipinski definition) is 7. The van der Waals surface area contributed by atoms with Crippen LogP contribution >= 0.6 is 0 Å². The van der Waals surface area contributed by atoms with Crippen LogP contribution in [0.15, 0.2) is 54.7 Å². The Morgan fingerprint density at radius 1 is 1.00 bits per heavy atom. The van der Waals surface area contributed by atoms with Crippen LogP contribution in [0.1, 0.15) is 51.1 Å². The van der Waals surface area contributed by atoms with Crippen molar-refractivity contribution >= 4 is 23.4 Å². The third-order valence-electron chi connectivity index (χ3n) is 7.92. The molecule has 0 bridgehead atoms. The van der Waals surface area contributed by atoms with Gasteiger partial charge in [-0.05, 0) is 54.4 Å². The molecule has 0 radical (unpaired) electrons. The number of fused-ring (bicyclic) bond motifs is 1. The summed E-state index contributed by atoms with van der Waals surface area (Å²) in [5.74, 6) is 4.96. The third-order valence-corrected chi connectivity index (χ3v) is 7.92. The number of imide groups is 1. The van der Waals surface area contributed by atoms with Gasteiger partial charge < -0.3 is 9.80 Å². The first-order chi connectivity index (χ1) is 20.4. The maximum absolute atomic E-state index is 14.4. The number of nitriles is 1. The number of rotatable bonds is 4. The van der Waals surface area contributed by atoms with E-state index >= 15 is 0 Å². The van der Waals surface area contributed by atoms with Crippen molar-refractivity contribution < 1.29 is 18.8 Å². The molecular weight excluding hydrogens is 535 g/mol. The number of amides is 3. The first-order valence-corrected chi connectivity index (χ1v) is 13.8. The normalized spacial score (nSPS) is 18.7. The minimum absolute atomic E-state index is 0.209. The van der Waals surface area contributed by atoms with Crippen molar-refractivity contribution in [2.45, 2.75) is 32.0 Å². The van der Waals surface area contributed by atoms with Crippen LogP contribution < -0.4 is 10.2 Å². The number of piperidine rings is 1. The second kappa shape index (κ2) is 11.4. The fourth-order valence-corrected chi connectivity index (χ4v) is 5.64. The molecule has 210 valence electrons. The first kappa shape index (κ1) is 27.1. The van der Waals surface area contributed by atoms with Gasteiger partial charge in [-0.3, -0.25) is 29.6 Å². The van der Waals surface area contributed by atoms with Crippen molar-refractivity contribution in [2.75, 3.05) is 31.1 Å². The van der Waals surface area contributed by atoms with Crippen LogP contribution in [0, 0.1) is 29.0 Å². The average molecular weight is 563 g/mol. The van der Waals surface area contributed by atoms with Crippen LogP contribution in [-0.2, 0) is 22.7 Å². The molecule has 42 heavy (non-hydrogen) atoms. The highest BCUT2D eigenvalue weighted by molar-refractivity contribution is 6.05. The SMILES string of the molecule is N#Cc1ccc(N2CCN(Cc3ccc(C#Cc4cccc5c4CN(C4CCC(=O)NC4=O)C5=O)cn3)CC2)c(F)c1. The summed E-state index contributed by atoms with van der Waals surface area (Å²) in [6, 6.07) is 15.1. The van der Waals surface area contributed by atoms with Gasteiger partial charge >= 0.3 is 0 Å². The van der Waals surface area contributed by atoms with Crippen LogP contribution in [0.3, 0.4) is 0 Å². The zero-order valence-corrected chi connectivity index (χ0v) is 22.8. The minimum Gasteiger partial charge on any atom is -0.367 e. The van der Waals surface area contributed by atoms with E-state index in [0.717, 1.165) is 35.5 Å². The van der Waals surface area contributed by atoms with Gasteiger partial charge in [-0.2, -0.15) is 5.26 Å². The number of carbonyl (C=O) groups excluding carboxylic acids is 3. The molecule has 1 atom stereocenters. The smallest absolute Gasteiger partial charge is 0.255 e. The van der Waals surface area contributed by atoms with E-state index in [9.17, 15) is 18.8 Å². The van der Waals surface area contributed by atoms with Crippen molar-refractivity contribution in [1.82, 2.24) is 20.1 Å². The highest BCUT2D eigenvalue weighted by atomic mass is 19.1. The highest BCUT2D eigenvalue weighted by Gasteiger charge is 2.39. The second-order valence-electron chi connectivity index (χ2n) is 10.6. The number of carbonyl (C=O) groups is 3. The Morgan fingerprint density at radius 2 is 1.81 bits per heavy atom. The van der Waals surface area contributed by atoms with E-state index < -0.39 is 11.9 Å². The van der Waals surface area contributed by atoms with Gasteiger partial charge in [0.15, 0.2) is 0 Å². The van der Waals surface area contributed by atoms with Gasteiger partial charge in [0.05, 0.1) is 23.0 Å². The van der Waals surface area contributed by atoms with E-state index in [4.69, 9.17) is 5.26 Å². The summed E-state index contributed by atoms with van der Waals surface area (Å²) in [5.41, 5.74) is 4.51. The molecule has 6 rings (SSSR count). The largest absolute Gasteiger partial charge is 0.367 e. The van der Waals surface area contributed by atoms with E-state index in [1.165, 1.54) is 11.0 Å². The minimum atomic E-state index is -0.666. The van der Waals surface area contributed by atoms with Gasteiger partial charge in [-0.15, -0.1) is 0 Å². The molecule has 10 heteroatoms. The molecular formula is C32H27FN6O3. The molecule has 2 fully saturated rings. The molecule has 3 aliphatic heterocycles. The van der Waals surface area contributed by atoms with Crippen molar-refractivity contribution in [3.05, 3.63) is 94.1 Å². The number of benzene rings is 2. The van der Waals surface area contributed by atoms with Crippen LogP contribution in [0.4, 0.5) is 10.1 Å². The van der Waals surface area contributed by atoms with E-state index in [1.54, 1.807) is 30.5 Å². The molecule has 2 saturated heterocycles. The van der Waals surface area contributed by atoms with Crippen molar-refractivity contribution in [1.29, 1.82) is 5.26 Å². The lowest BCUT2D eigenvalue weighted by Gasteiger charge is -2.36. The Hall–Kier alpha value is -5.06. The molecule has 3 amide bonds. The lowest BCUT2D eigenvalue weighted by Crippen LogP contribution is -2.52. The van der Waals surface area contributed by atoms with Gasteiger partial charge in [-0.25, -0.2) is 4.39 Å².